The Hall–Kier alpha value is -3.64. The molecule has 3 aromatic carbocycles. The van der Waals surface area contributed by atoms with E-state index in [4.69, 9.17) is 22.1 Å². The van der Waals surface area contributed by atoms with E-state index in [2.05, 4.69) is 15.3 Å². The Kier molecular flexibility index (Phi) is 5.72. The zero-order chi connectivity index (χ0) is 22.9. The van der Waals surface area contributed by atoms with Gasteiger partial charge in [-0.3, -0.25) is 5.32 Å². The van der Waals surface area contributed by atoms with Gasteiger partial charge < -0.3 is 10.5 Å². The highest BCUT2D eigenvalue weighted by Crippen LogP contribution is 2.36. The van der Waals surface area contributed by atoms with E-state index in [1.807, 2.05) is 60.7 Å². The molecular weight excluding hydrogens is 424 g/mol. The number of ether oxygens (including phenoxy) is 1. The first-order valence-electron chi connectivity index (χ1n) is 10.1. The maximum Gasteiger partial charge on any atom is 0.414 e. The molecule has 0 saturated heterocycles. The molecule has 0 aliphatic rings. The smallest absolute Gasteiger partial charge is 0.414 e. The van der Waals surface area contributed by atoms with E-state index in [9.17, 15) is 4.79 Å². The molecule has 1 heterocycles. The average molecular weight is 447 g/mol. The second-order valence-corrected chi connectivity index (χ2v) is 8.79. The van der Waals surface area contributed by atoms with E-state index in [0.29, 0.717) is 16.2 Å². The summed E-state index contributed by atoms with van der Waals surface area (Å²) in [6.07, 6.45) is 1.06. The lowest BCUT2D eigenvalue weighted by molar-refractivity contribution is 0.0634. The Morgan fingerprint density at radius 2 is 1.78 bits per heavy atom. The predicted octanol–water partition coefficient (Wildman–Crippen LogP) is 6.55. The Balaban J connectivity index is 1.86. The Bertz CT molecular complexity index is 1320. The van der Waals surface area contributed by atoms with Gasteiger partial charge in [0.2, 0.25) is 5.95 Å². The SMILES string of the molecule is CC(C)(C)OC(=O)Nc1ncc2cc(-c3ccccc3Cl)cc(-c3cccc(N)c3)c2n1. The fourth-order valence-corrected chi connectivity index (χ4v) is 3.62. The Labute approximate surface area is 191 Å². The number of nitrogens with two attached hydrogens (primary N) is 1. The topological polar surface area (TPSA) is 90.1 Å². The number of amides is 1. The minimum absolute atomic E-state index is 0.155. The van der Waals surface area contributed by atoms with Crippen molar-refractivity contribution in [1.82, 2.24) is 9.97 Å². The number of hydrogen-bond donors (Lipinski definition) is 2. The first kappa shape index (κ1) is 21.6. The number of aromatic nitrogens is 2. The third-order valence-corrected chi connectivity index (χ3v) is 5.01. The normalized spacial score (nSPS) is 11.4. The van der Waals surface area contributed by atoms with Crippen LogP contribution in [0.15, 0.2) is 66.9 Å². The number of carbonyl (C=O) groups is 1. The molecule has 3 N–H and O–H groups in total. The lowest BCUT2D eigenvalue weighted by Crippen LogP contribution is -2.27. The molecule has 0 aliphatic carbocycles. The van der Waals surface area contributed by atoms with E-state index >= 15 is 0 Å². The van der Waals surface area contributed by atoms with Crippen LogP contribution < -0.4 is 11.1 Å². The molecule has 7 heteroatoms. The van der Waals surface area contributed by atoms with Crippen molar-refractivity contribution in [1.29, 1.82) is 0 Å². The summed E-state index contributed by atoms with van der Waals surface area (Å²) in [7, 11) is 0. The monoisotopic (exact) mass is 446 g/mol. The molecule has 1 amide bonds. The molecule has 0 radical (unpaired) electrons. The first-order chi connectivity index (χ1) is 15.2. The van der Waals surface area contributed by atoms with Crippen molar-refractivity contribution >= 4 is 40.2 Å². The van der Waals surface area contributed by atoms with Crippen LogP contribution in [0.4, 0.5) is 16.4 Å². The molecule has 162 valence electrons. The number of fused-ring (bicyclic) bond motifs is 1. The molecule has 0 unspecified atom stereocenters. The van der Waals surface area contributed by atoms with Crippen molar-refractivity contribution in [3.05, 3.63) is 71.9 Å². The van der Waals surface area contributed by atoms with Gasteiger partial charge in [0.1, 0.15) is 5.60 Å². The summed E-state index contributed by atoms with van der Waals surface area (Å²) in [5.41, 5.74) is 10.3. The van der Waals surface area contributed by atoms with Gasteiger partial charge in [-0.05, 0) is 62.2 Å². The molecule has 0 aliphatic heterocycles. The van der Waals surface area contributed by atoms with Crippen LogP contribution in [0.3, 0.4) is 0 Å². The molecule has 32 heavy (non-hydrogen) atoms. The molecule has 0 atom stereocenters. The summed E-state index contributed by atoms with van der Waals surface area (Å²) in [6, 6.07) is 19.2. The van der Waals surface area contributed by atoms with E-state index < -0.39 is 11.7 Å². The summed E-state index contributed by atoms with van der Waals surface area (Å²) in [5.74, 6) is 0.155. The summed E-state index contributed by atoms with van der Waals surface area (Å²) in [6.45, 7) is 5.38. The van der Waals surface area contributed by atoms with E-state index in [0.717, 1.165) is 27.6 Å². The van der Waals surface area contributed by atoms with Crippen LogP contribution in [0.2, 0.25) is 5.02 Å². The van der Waals surface area contributed by atoms with Crippen molar-refractivity contribution in [2.75, 3.05) is 11.1 Å². The number of nitrogen functional groups attached to an aromatic ring is 1. The molecular formula is C25H23ClN4O2. The van der Waals surface area contributed by atoms with Crippen molar-refractivity contribution in [3.8, 4) is 22.3 Å². The number of nitrogens with one attached hydrogen (secondary N) is 1. The van der Waals surface area contributed by atoms with Crippen molar-refractivity contribution < 1.29 is 9.53 Å². The summed E-state index contributed by atoms with van der Waals surface area (Å²) >= 11 is 6.46. The van der Waals surface area contributed by atoms with Gasteiger partial charge in [-0.1, -0.05) is 41.9 Å². The molecule has 0 bridgehead atoms. The fourth-order valence-electron chi connectivity index (χ4n) is 3.38. The number of nitrogens with zero attached hydrogens (tertiary/aromatic N) is 2. The minimum Gasteiger partial charge on any atom is -0.444 e. The zero-order valence-corrected chi connectivity index (χ0v) is 18.8. The molecule has 4 rings (SSSR count). The van der Waals surface area contributed by atoms with Crippen molar-refractivity contribution in [3.63, 3.8) is 0 Å². The second kappa shape index (κ2) is 8.48. The summed E-state index contributed by atoms with van der Waals surface area (Å²) < 4.78 is 5.31. The van der Waals surface area contributed by atoms with Gasteiger partial charge in [-0.15, -0.1) is 0 Å². The highest BCUT2D eigenvalue weighted by atomic mass is 35.5. The summed E-state index contributed by atoms with van der Waals surface area (Å²) in [5, 5.41) is 4.06. The predicted molar refractivity (Wildman–Crippen MR) is 130 cm³/mol. The molecule has 0 spiro atoms. The van der Waals surface area contributed by atoms with E-state index in [-0.39, 0.29) is 5.95 Å². The van der Waals surface area contributed by atoms with Crippen LogP contribution in [-0.4, -0.2) is 21.7 Å². The number of anilines is 2. The van der Waals surface area contributed by atoms with Crippen molar-refractivity contribution in [2.24, 2.45) is 0 Å². The number of halogens is 1. The lowest BCUT2D eigenvalue weighted by atomic mass is 9.96. The van der Waals surface area contributed by atoms with Crippen LogP contribution in [0, 0.1) is 0 Å². The average Bonchev–Trinajstić information content (AvgIpc) is 2.72. The number of carbonyl (C=O) groups excluding carboxylic acids is 1. The molecule has 4 aromatic rings. The third-order valence-electron chi connectivity index (χ3n) is 4.68. The van der Waals surface area contributed by atoms with Gasteiger partial charge in [-0.25, -0.2) is 14.8 Å². The van der Waals surface area contributed by atoms with E-state index in [1.165, 1.54) is 0 Å². The zero-order valence-electron chi connectivity index (χ0n) is 18.0. The van der Waals surface area contributed by atoms with E-state index in [1.54, 1.807) is 27.0 Å². The maximum absolute atomic E-state index is 12.2. The second-order valence-electron chi connectivity index (χ2n) is 8.39. The Morgan fingerprint density at radius 3 is 2.50 bits per heavy atom. The van der Waals surface area contributed by atoms with Gasteiger partial charge in [0, 0.05) is 33.4 Å². The minimum atomic E-state index is -0.627. The van der Waals surface area contributed by atoms with Crippen LogP contribution in [-0.2, 0) is 4.74 Å². The van der Waals surface area contributed by atoms with Gasteiger partial charge in [0.25, 0.3) is 0 Å². The summed E-state index contributed by atoms with van der Waals surface area (Å²) in [4.78, 5) is 21.1. The van der Waals surface area contributed by atoms with Crippen LogP contribution in [0.25, 0.3) is 33.2 Å². The first-order valence-corrected chi connectivity index (χ1v) is 10.5. The van der Waals surface area contributed by atoms with Gasteiger partial charge in [0.15, 0.2) is 0 Å². The number of benzene rings is 3. The highest BCUT2D eigenvalue weighted by Gasteiger charge is 2.18. The Morgan fingerprint density at radius 1 is 1.00 bits per heavy atom. The van der Waals surface area contributed by atoms with Crippen molar-refractivity contribution in [2.45, 2.75) is 26.4 Å². The molecule has 0 fully saturated rings. The van der Waals surface area contributed by atoms with Crippen LogP contribution in [0.1, 0.15) is 20.8 Å². The molecule has 6 nitrogen and oxygen atoms in total. The standard InChI is InChI=1S/C25H23ClN4O2/c1-25(2,3)32-24(31)30-23-28-14-17-11-16(19-9-4-5-10-21(19)26)13-20(22(17)29-23)15-7-6-8-18(27)12-15/h4-14H,27H2,1-3H3,(H,28,29,30,31). The van der Waals surface area contributed by atoms with Gasteiger partial charge in [0.05, 0.1) is 5.52 Å². The number of hydrogen-bond acceptors (Lipinski definition) is 5. The molecule has 1 aromatic heterocycles. The van der Waals surface area contributed by atoms with Crippen LogP contribution >= 0.6 is 11.6 Å². The molecule has 0 saturated carbocycles. The fraction of sp³-hybridized carbons (Fsp3) is 0.160. The number of rotatable bonds is 3. The largest absolute Gasteiger partial charge is 0.444 e. The van der Waals surface area contributed by atoms with Gasteiger partial charge >= 0.3 is 6.09 Å². The van der Waals surface area contributed by atoms with Crippen LogP contribution in [0.5, 0.6) is 0 Å². The maximum atomic E-state index is 12.2. The highest BCUT2D eigenvalue weighted by molar-refractivity contribution is 6.33. The van der Waals surface area contributed by atoms with Gasteiger partial charge in [-0.2, -0.15) is 0 Å². The third kappa shape index (κ3) is 4.81. The quantitative estimate of drug-likeness (QED) is 0.348. The lowest BCUT2D eigenvalue weighted by Gasteiger charge is -2.19.